The van der Waals surface area contributed by atoms with Gasteiger partial charge in [-0.1, -0.05) is 25.8 Å². The smallest absolute Gasteiger partial charge is 0.249 e. The minimum atomic E-state index is 0.208. The summed E-state index contributed by atoms with van der Waals surface area (Å²) in [4.78, 5) is 14.7. The lowest BCUT2D eigenvalue weighted by molar-refractivity contribution is -0.140. The van der Waals surface area contributed by atoms with Crippen molar-refractivity contribution in [3.05, 3.63) is 11.1 Å². The first kappa shape index (κ1) is 15.7. The lowest BCUT2D eigenvalue weighted by Gasteiger charge is -2.61. The Kier molecular flexibility index (Phi) is 3.32. The second-order valence-electron chi connectivity index (χ2n) is 9.50. The lowest BCUT2D eigenvalue weighted by Crippen LogP contribution is -2.61. The van der Waals surface area contributed by atoms with E-state index in [2.05, 4.69) is 32.6 Å². The Bertz CT molecular complexity index is 578. The van der Waals surface area contributed by atoms with E-state index in [0.29, 0.717) is 11.5 Å². The van der Waals surface area contributed by atoms with Gasteiger partial charge in [-0.3, -0.25) is 4.79 Å². The highest BCUT2D eigenvalue weighted by molar-refractivity contribution is 5.95. The molecule has 0 unspecified atom stereocenters. The quantitative estimate of drug-likeness (QED) is 0.629. The second kappa shape index (κ2) is 4.86. The van der Waals surface area contributed by atoms with Crippen molar-refractivity contribution in [1.82, 2.24) is 4.90 Å². The van der Waals surface area contributed by atoms with Crippen molar-refractivity contribution in [2.45, 2.75) is 78.7 Å². The minimum Gasteiger partial charge on any atom is -0.338 e. The predicted octanol–water partition coefficient (Wildman–Crippen LogP) is 4.80. The third-order valence-electron chi connectivity index (χ3n) is 8.93. The van der Waals surface area contributed by atoms with E-state index in [1.165, 1.54) is 50.5 Å². The molecule has 0 saturated heterocycles. The van der Waals surface area contributed by atoms with Crippen LogP contribution in [0.15, 0.2) is 11.1 Å². The molecule has 0 bridgehead atoms. The number of likely N-dealkylation sites (N-methyl/N-ethyl adjacent to an activating group) is 1. The summed E-state index contributed by atoms with van der Waals surface area (Å²) in [5, 5.41) is 0. The van der Waals surface area contributed by atoms with Crippen LogP contribution < -0.4 is 0 Å². The van der Waals surface area contributed by atoms with Gasteiger partial charge in [-0.2, -0.15) is 0 Å². The first-order valence-electron chi connectivity index (χ1n) is 9.76. The van der Waals surface area contributed by atoms with Crippen LogP contribution in [0.25, 0.3) is 0 Å². The average Bonchev–Trinajstić information content (AvgIpc) is 2.93. The van der Waals surface area contributed by atoms with Crippen LogP contribution in [0.2, 0.25) is 0 Å². The van der Waals surface area contributed by atoms with Crippen LogP contribution in [0.5, 0.6) is 0 Å². The van der Waals surface area contributed by atoms with E-state index >= 15 is 0 Å². The number of carbonyl (C=O) groups is 1. The molecule has 128 valence electrons. The Balaban J connectivity index is 1.78. The molecule has 3 saturated carbocycles. The topological polar surface area (TPSA) is 20.3 Å². The maximum atomic E-state index is 12.6. The Morgan fingerprint density at radius 3 is 2.48 bits per heavy atom. The van der Waals surface area contributed by atoms with Gasteiger partial charge in [0.25, 0.3) is 0 Å². The fraction of sp³-hybridized carbons (Fsp3) is 0.857. The molecule has 1 aliphatic heterocycles. The van der Waals surface area contributed by atoms with E-state index in [-0.39, 0.29) is 11.3 Å². The monoisotopic (exact) mass is 315 g/mol. The van der Waals surface area contributed by atoms with Gasteiger partial charge in [0.2, 0.25) is 5.91 Å². The Hall–Kier alpha value is -0.790. The van der Waals surface area contributed by atoms with E-state index < -0.39 is 0 Å². The first-order valence-corrected chi connectivity index (χ1v) is 9.76. The molecule has 2 heteroatoms. The number of nitrogens with zero attached hydrogens (tertiary/aromatic N) is 1. The van der Waals surface area contributed by atoms with E-state index in [9.17, 15) is 4.79 Å². The highest BCUT2D eigenvalue weighted by atomic mass is 16.2. The van der Waals surface area contributed by atoms with Gasteiger partial charge >= 0.3 is 0 Å². The van der Waals surface area contributed by atoms with Crippen LogP contribution in [0, 0.1) is 28.6 Å². The van der Waals surface area contributed by atoms with Crippen molar-refractivity contribution < 1.29 is 4.79 Å². The van der Waals surface area contributed by atoms with Gasteiger partial charge in [-0.15, -0.1) is 0 Å². The van der Waals surface area contributed by atoms with Gasteiger partial charge in [-0.25, -0.2) is 0 Å². The zero-order valence-corrected chi connectivity index (χ0v) is 15.6. The molecule has 0 aromatic heterocycles. The normalized spacial score (nSPS) is 49.8. The third-order valence-corrected chi connectivity index (χ3v) is 8.93. The average molecular weight is 316 g/mol. The summed E-state index contributed by atoms with van der Waals surface area (Å²) in [7, 11) is 2.05. The van der Waals surface area contributed by atoms with E-state index in [1.807, 2.05) is 7.05 Å². The highest BCUT2D eigenvalue weighted by Gasteiger charge is 2.60. The van der Waals surface area contributed by atoms with Gasteiger partial charge in [-0.05, 0) is 75.5 Å². The van der Waals surface area contributed by atoms with Crippen molar-refractivity contribution in [2.24, 2.45) is 28.6 Å². The summed E-state index contributed by atoms with van der Waals surface area (Å²) >= 11 is 0. The molecule has 0 spiro atoms. The van der Waals surface area contributed by atoms with Crippen LogP contribution in [0.4, 0.5) is 0 Å². The molecule has 3 aliphatic carbocycles. The number of fused-ring (bicyclic) bond motifs is 5. The Morgan fingerprint density at radius 1 is 1.00 bits per heavy atom. The number of carbonyl (C=O) groups excluding carboxylic acids is 1. The molecule has 23 heavy (non-hydrogen) atoms. The molecular formula is C21H33NO. The van der Waals surface area contributed by atoms with E-state index in [1.54, 1.807) is 0 Å². The number of hydrogen-bond donors (Lipinski definition) is 0. The van der Waals surface area contributed by atoms with Gasteiger partial charge in [0.05, 0.1) is 0 Å². The Morgan fingerprint density at radius 2 is 1.74 bits per heavy atom. The fourth-order valence-electron chi connectivity index (χ4n) is 7.42. The summed E-state index contributed by atoms with van der Waals surface area (Å²) in [5.41, 5.74) is 3.25. The van der Waals surface area contributed by atoms with Crippen molar-refractivity contribution in [1.29, 1.82) is 0 Å². The van der Waals surface area contributed by atoms with Gasteiger partial charge in [0, 0.05) is 24.1 Å². The summed E-state index contributed by atoms with van der Waals surface area (Å²) < 4.78 is 0. The molecule has 1 heterocycles. The summed E-state index contributed by atoms with van der Waals surface area (Å²) in [6.45, 7) is 9.38. The fourth-order valence-corrected chi connectivity index (χ4v) is 7.42. The predicted molar refractivity (Wildman–Crippen MR) is 93.9 cm³/mol. The highest BCUT2D eigenvalue weighted by Crippen LogP contribution is 2.65. The molecule has 0 aromatic rings. The minimum absolute atomic E-state index is 0.208. The zero-order valence-electron chi connectivity index (χ0n) is 15.6. The van der Waals surface area contributed by atoms with Crippen LogP contribution in [0.1, 0.15) is 72.6 Å². The van der Waals surface area contributed by atoms with Crippen LogP contribution in [0.3, 0.4) is 0 Å². The summed E-state index contributed by atoms with van der Waals surface area (Å²) in [5.74, 6) is 2.88. The molecule has 4 aliphatic rings. The molecule has 0 N–H and O–H groups in total. The molecule has 2 nitrogen and oxygen atoms in total. The molecule has 1 amide bonds. The molecule has 3 fully saturated rings. The summed E-state index contributed by atoms with van der Waals surface area (Å²) in [6.07, 6.45) is 9.67. The standard InChI is InChI=1S/C21H33NO/c1-13-14(2)21(4)17-10-12-20(3)11-6-7-16(20)15(17)8-9-18(21)22(5)19(13)23/h15-18H,6-12H2,1-5H3/t15-,16-,17-,18+,20-,21+/m0/s1. The molecule has 4 rings (SSSR count). The van der Waals surface area contributed by atoms with Gasteiger partial charge in [0.1, 0.15) is 0 Å². The van der Waals surface area contributed by atoms with Crippen LogP contribution in [-0.2, 0) is 4.79 Å². The van der Waals surface area contributed by atoms with Crippen molar-refractivity contribution >= 4 is 5.91 Å². The van der Waals surface area contributed by atoms with Crippen LogP contribution >= 0.6 is 0 Å². The van der Waals surface area contributed by atoms with E-state index in [0.717, 1.165) is 23.3 Å². The van der Waals surface area contributed by atoms with Crippen molar-refractivity contribution in [3.8, 4) is 0 Å². The molecule has 6 atom stereocenters. The Labute approximate surface area is 141 Å². The third kappa shape index (κ3) is 1.84. The number of amides is 1. The van der Waals surface area contributed by atoms with Crippen LogP contribution in [-0.4, -0.2) is 23.9 Å². The second-order valence-corrected chi connectivity index (χ2v) is 9.50. The largest absolute Gasteiger partial charge is 0.338 e. The summed E-state index contributed by atoms with van der Waals surface area (Å²) in [6, 6.07) is 0.422. The lowest BCUT2D eigenvalue weighted by atomic mass is 9.46. The van der Waals surface area contributed by atoms with Gasteiger partial charge < -0.3 is 4.90 Å². The SMILES string of the molecule is CC1=C(C)[C@]2(C)[C@H]3CC[C@]4(C)CCC[C@H]4[C@@H]3CC[C@H]2N(C)C1=O. The zero-order chi connectivity index (χ0) is 16.6. The number of hydrogen-bond acceptors (Lipinski definition) is 1. The maximum absolute atomic E-state index is 12.6. The maximum Gasteiger partial charge on any atom is 0.249 e. The van der Waals surface area contributed by atoms with Crippen molar-refractivity contribution in [2.75, 3.05) is 7.05 Å². The van der Waals surface area contributed by atoms with E-state index in [4.69, 9.17) is 0 Å². The van der Waals surface area contributed by atoms with Crippen molar-refractivity contribution in [3.63, 3.8) is 0 Å². The molecular weight excluding hydrogens is 282 g/mol. The first-order chi connectivity index (χ1) is 10.8. The number of rotatable bonds is 0. The molecule has 0 radical (unpaired) electrons. The molecule has 0 aromatic carbocycles. The van der Waals surface area contributed by atoms with Gasteiger partial charge in [0.15, 0.2) is 0 Å².